The number of carbonyl (C=O) groups is 2. The minimum absolute atomic E-state index is 0.0102. The second-order valence-electron chi connectivity index (χ2n) is 6.57. The van der Waals surface area contributed by atoms with E-state index in [-0.39, 0.29) is 47.9 Å². The van der Waals surface area contributed by atoms with Gasteiger partial charge in [0.15, 0.2) is 15.0 Å². The summed E-state index contributed by atoms with van der Waals surface area (Å²) in [5.74, 6) is -2.02. The van der Waals surface area contributed by atoms with E-state index in [1.807, 2.05) is 0 Å². The summed E-state index contributed by atoms with van der Waals surface area (Å²) in [5.41, 5.74) is 0.777. The van der Waals surface area contributed by atoms with Gasteiger partial charge in [0.2, 0.25) is 5.91 Å². The summed E-state index contributed by atoms with van der Waals surface area (Å²) < 4.78 is 37.1. The third kappa shape index (κ3) is 5.07. The van der Waals surface area contributed by atoms with Gasteiger partial charge in [0.1, 0.15) is 5.82 Å². The van der Waals surface area contributed by atoms with Gasteiger partial charge in [0.05, 0.1) is 17.5 Å². The third-order valence-electron chi connectivity index (χ3n) is 4.43. The average molecular weight is 413 g/mol. The number of sulfone groups is 1. The van der Waals surface area contributed by atoms with Crippen molar-refractivity contribution in [2.75, 3.05) is 11.5 Å². The zero-order chi connectivity index (χ0) is 19.6. The number of carbonyl (C=O) groups excluding carboxylic acids is 2. The monoisotopic (exact) mass is 413 g/mol. The second-order valence-corrected chi connectivity index (χ2v) is 9.93. The van der Waals surface area contributed by atoms with Crippen LogP contribution in [0.3, 0.4) is 0 Å². The fourth-order valence-corrected chi connectivity index (χ4v) is 7.12. The Bertz CT molecular complexity index is 870. The van der Waals surface area contributed by atoms with Gasteiger partial charge in [-0.25, -0.2) is 12.8 Å². The lowest BCUT2D eigenvalue weighted by molar-refractivity contribution is -0.305. The van der Waals surface area contributed by atoms with Gasteiger partial charge in [-0.3, -0.25) is 4.79 Å². The maximum Gasteiger partial charge on any atom is 0.248 e. The number of amides is 1. The molecule has 2 atom stereocenters. The molecule has 2 aliphatic rings. The molecule has 0 aliphatic carbocycles. The van der Waals surface area contributed by atoms with Gasteiger partial charge >= 0.3 is 0 Å². The molecule has 1 amide bonds. The highest BCUT2D eigenvalue weighted by Gasteiger charge is 2.48. The Morgan fingerprint density at radius 2 is 1.93 bits per heavy atom. The Kier molecular flexibility index (Phi) is 5.85. The van der Waals surface area contributed by atoms with Crippen LogP contribution in [0.25, 0.3) is 0 Å². The number of rotatable bonds is 6. The van der Waals surface area contributed by atoms with E-state index in [1.54, 1.807) is 17.0 Å². The molecule has 2 saturated heterocycles. The van der Waals surface area contributed by atoms with Gasteiger partial charge in [-0.15, -0.1) is 0 Å². The molecular formula is C17H18FN2O5S2-. The van der Waals surface area contributed by atoms with E-state index in [1.165, 1.54) is 23.9 Å². The molecule has 3 rings (SSSR count). The summed E-state index contributed by atoms with van der Waals surface area (Å²) in [7, 11) is -3.15. The lowest BCUT2D eigenvalue weighted by atomic mass is 10.1. The first kappa shape index (κ1) is 19.8. The molecule has 0 bridgehead atoms. The maximum atomic E-state index is 13.1. The SMILES string of the molecule is O=C([O-])CCCC(=O)N=C1S[C@@H]2CS(=O)(=O)C[C@@H]2N1Cc1ccc(F)cc1. The van der Waals surface area contributed by atoms with Gasteiger partial charge in [-0.2, -0.15) is 4.99 Å². The molecule has 0 spiro atoms. The van der Waals surface area contributed by atoms with Crippen LogP contribution >= 0.6 is 11.8 Å². The van der Waals surface area contributed by atoms with E-state index in [9.17, 15) is 27.5 Å². The van der Waals surface area contributed by atoms with Crippen molar-refractivity contribution in [3.63, 3.8) is 0 Å². The first-order valence-corrected chi connectivity index (χ1v) is 11.1. The number of benzene rings is 1. The highest BCUT2D eigenvalue weighted by molar-refractivity contribution is 8.15. The second kappa shape index (κ2) is 7.97. The Morgan fingerprint density at radius 3 is 2.59 bits per heavy atom. The van der Waals surface area contributed by atoms with E-state index in [0.717, 1.165) is 5.56 Å². The number of carboxylic acid groups (broad SMARTS) is 1. The first-order valence-electron chi connectivity index (χ1n) is 8.43. The van der Waals surface area contributed by atoms with Gasteiger partial charge in [-0.05, 0) is 30.5 Å². The minimum atomic E-state index is -3.15. The number of halogens is 1. The number of amidine groups is 1. The van der Waals surface area contributed by atoms with E-state index >= 15 is 0 Å². The highest BCUT2D eigenvalue weighted by atomic mass is 32.2. The molecule has 27 heavy (non-hydrogen) atoms. The van der Waals surface area contributed by atoms with Crippen LogP contribution < -0.4 is 5.11 Å². The molecule has 146 valence electrons. The number of hydrogen-bond donors (Lipinski definition) is 0. The number of fused-ring (bicyclic) bond motifs is 1. The zero-order valence-electron chi connectivity index (χ0n) is 14.3. The van der Waals surface area contributed by atoms with Crippen molar-refractivity contribution in [2.45, 2.75) is 37.1 Å². The van der Waals surface area contributed by atoms with Crippen LogP contribution in [0.5, 0.6) is 0 Å². The minimum Gasteiger partial charge on any atom is -0.550 e. The maximum absolute atomic E-state index is 13.1. The first-order chi connectivity index (χ1) is 12.7. The number of nitrogens with zero attached hydrogens (tertiary/aromatic N) is 2. The zero-order valence-corrected chi connectivity index (χ0v) is 16.0. The van der Waals surface area contributed by atoms with Crippen LogP contribution in [0.1, 0.15) is 24.8 Å². The fraction of sp³-hybridized carbons (Fsp3) is 0.471. The van der Waals surface area contributed by atoms with Crippen LogP contribution in [-0.2, 0) is 26.0 Å². The van der Waals surface area contributed by atoms with Crippen molar-refractivity contribution < 1.29 is 27.5 Å². The van der Waals surface area contributed by atoms with Crippen LogP contribution in [0.15, 0.2) is 29.3 Å². The summed E-state index contributed by atoms with van der Waals surface area (Å²) in [6, 6.07) is 5.57. The Morgan fingerprint density at radius 1 is 1.22 bits per heavy atom. The molecule has 2 heterocycles. The standard InChI is InChI=1S/C17H19FN2O5S2/c18-12-6-4-11(5-7-12)8-20-13-9-27(24,25)10-14(13)26-17(20)19-15(21)2-1-3-16(22)23/h4-7,13-14H,1-3,8-10H2,(H,22,23)/p-1/t13-,14+/m0/s1. The quantitative estimate of drug-likeness (QED) is 0.662. The number of aliphatic carboxylic acids is 1. The number of hydrogen-bond acceptors (Lipinski definition) is 6. The van der Waals surface area contributed by atoms with E-state index in [2.05, 4.69) is 4.99 Å². The smallest absolute Gasteiger partial charge is 0.248 e. The molecule has 0 aromatic heterocycles. The third-order valence-corrected chi connectivity index (χ3v) is 7.68. The number of aliphatic imine (C=N–C) groups is 1. The van der Waals surface area contributed by atoms with Crippen LogP contribution in [-0.4, -0.2) is 53.2 Å². The predicted molar refractivity (Wildman–Crippen MR) is 97.1 cm³/mol. The molecule has 0 radical (unpaired) electrons. The molecule has 1 aromatic rings. The van der Waals surface area contributed by atoms with Crippen molar-refractivity contribution in [1.29, 1.82) is 0 Å². The molecule has 2 aliphatic heterocycles. The van der Waals surface area contributed by atoms with Crippen molar-refractivity contribution in [2.24, 2.45) is 4.99 Å². The van der Waals surface area contributed by atoms with Gasteiger partial charge < -0.3 is 14.8 Å². The largest absolute Gasteiger partial charge is 0.550 e. The Hall–Kier alpha value is -1.94. The lowest BCUT2D eigenvalue weighted by Gasteiger charge is -2.24. The van der Waals surface area contributed by atoms with Crippen LogP contribution in [0.2, 0.25) is 0 Å². The van der Waals surface area contributed by atoms with Crippen molar-refractivity contribution in [3.05, 3.63) is 35.6 Å². The number of carboxylic acids is 1. The normalized spacial score (nSPS) is 24.9. The molecule has 0 unspecified atom stereocenters. The Labute approximate surface area is 160 Å². The summed E-state index contributed by atoms with van der Waals surface area (Å²) in [5, 5.41) is 10.7. The molecule has 10 heteroatoms. The van der Waals surface area contributed by atoms with Crippen molar-refractivity contribution >= 4 is 38.6 Å². The molecule has 0 saturated carbocycles. The van der Waals surface area contributed by atoms with Crippen molar-refractivity contribution in [3.8, 4) is 0 Å². The summed E-state index contributed by atoms with van der Waals surface area (Å²) in [6.45, 7) is 0.315. The molecule has 2 fully saturated rings. The van der Waals surface area contributed by atoms with E-state index in [4.69, 9.17) is 0 Å². The molecule has 0 N–H and O–H groups in total. The van der Waals surface area contributed by atoms with E-state index < -0.39 is 21.7 Å². The van der Waals surface area contributed by atoms with Gasteiger partial charge in [0.25, 0.3) is 0 Å². The molecule has 1 aromatic carbocycles. The summed E-state index contributed by atoms with van der Waals surface area (Å²) >= 11 is 1.26. The van der Waals surface area contributed by atoms with Gasteiger partial charge in [-0.1, -0.05) is 23.9 Å². The summed E-state index contributed by atoms with van der Waals surface area (Å²) in [4.78, 5) is 28.4. The summed E-state index contributed by atoms with van der Waals surface area (Å²) in [6.07, 6.45) is -0.0929. The topological polar surface area (TPSA) is 107 Å². The molecular weight excluding hydrogens is 395 g/mol. The van der Waals surface area contributed by atoms with Crippen LogP contribution in [0, 0.1) is 5.82 Å². The molecule has 7 nitrogen and oxygen atoms in total. The van der Waals surface area contributed by atoms with Crippen LogP contribution in [0.4, 0.5) is 4.39 Å². The predicted octanol–water partition coefficient (Wildman–Crippen LogP) is 0.343. The fourth-order valence-electron chi connectivity index (χ4n) is 3.15. The average Bonchev–Trinajstić information content (AvgIpc) is 3.02. The van der Waals surface area contributed by atoms with E-state index in [0.29, 0.717) is 11.7 Å². The number of thioether (sulfide) groups is 1. The highest BCUT2D eigenvalue weighted by Crippen LogP contribution is 2.39. The van der Waals surface area contributed by atoms with Gasteiger partial charge in [0, 0.05) is 24.2 Å². The van der Waals surface area contributed by atoms with Crippen molar-refractivity contribution in [1.82, 2.24) is 4.90 Å². The Balaban J connectivity index is 1.77. The lowest BCUT2D eigenvalue weighted by Crippen LogP contribution is -2.37.